The Kier molecular flexibility index (Phi) is 3.09. The topological polar surface area (TPSA) is 49.3 Å². The van der Waals surface area contributed by atoms with Crippen LogP contribution in [0.4, 0.5) is 5.69 Å². The Morgan fingerprint density at radius 2 is 1.68 bits per heavy atom. The van der Waals surface area contributed by atoms with Crippen molar-refractivity contribution in [3.63, 3.8) is 0 Å². The number of hydrogen-bond acceptors (Lipinski definition) is 2. The lowest BCUT2D eigenvalue weighted by atomic mass is 9.80. The van der Waals surface area contributed by atoms with E-state index in [1.165, 1.54) is 11.1 Å². The molecule has 2 aromatic carbocycles. The molecule has 2 aliphatic rings. The Morgan fingerprint density at radius 1 is 1.00 bits per heavy atom. The summed E-state index contributed by atoms with van der Waals surface area (Å²) in [5, 5.41) is 13.3. The summed E-state index contributed by atoms with van der Waals surface area (Å²) in [4.78, 5) is 12.2. The third kappa shape index (κ3) is 2.14. The van der Waals surface area contributed by atoms with Gasteiger partial charge in [-0.1, -0.05) is 48.5 Å². The maximum absolute atomic E-state index is 12.2. The largest absolute Gasteiger partial charge is 0.392 e. The molecule has 3 heteroatoms. The number of hydrogen-bond donors (Lipinski definition) is 2. The maximum atomic E-state index is 12.2. The predicted molar refractivity (Wildman–Crippen MR) is 86.4 cm³/mol. The van der Waals surface area contributed by atoms with E-state index in [2.05, 4.69) is 17.4 Å². The van der Waals surface area contributed by atoms with Gasteiger partial charge in [-0.05, 0) is 30.0 Å². The zero-order chi connectivity index (χ0) is 15.1. The zero-order valence-electron chi connectivity index (χ0n) is 12.1. The van der Waals surface area contributed by atoms with Crippen molar-refractivity contribution in [2.24, 2.45) is 5.92 Å². The number of amides is 1. The summed E-state index contributed by atoms with van der Waals surface area (Å²) in [5.41, 5.74) is 4.93. The summed E-state index contributed by atoms with van der Waals surface area (Å²) in [5.74, 6) is -0.103. The van der Waals surface area contributed by atoms with Gasteiger partial charge in [-0.25, -0.2) is 0 Å². The average Bonchev–Trinajstić information content (AvgIpc) is 2.84. The van der Waals surface area contributed by atoms with Gasteiger partial charge in [-0.3, -0.25) is 4.79 Å². The number of fused-ring (bicyclic) bond motifs is 2. The predicted octanol–water partition coefficient (Wildman–Crippen LogP) is 2.80. The molecule has 2 aromatic rings. The highest BCUT2D eigenvalue weighted by Gasteiger charge is 2.29. The molecule has 0 radical (unpaired) electrons. The van der Waals surface area contributed by atoms with E-state index >= 15 is 0 Å². The first kappa shape index (κ1) is 13.3. The molecule has 2 N–H and O–H groups in total. The molecule has 0 fully saturated rings. The van der Waals surface area contributed by atoms with Gasteiger partial charge < -0.3 is 10.4 Å². The minimum absolute atomic E-state index is 0.0261. The molecule has 22 heavy (non-hydrogen) atoms. The molecular formula is C19H17NO2. The van der Waals surface area contributed by atoms with E-state index in [1.54, 1.807) is 0 Å². The fourth-order valence-electron chi connectivity index (χ4n) is 3.41. The van der Waals surface area contributed by atoms with Crippen LogP contribution < -0.4 is 5.32 Å². The van der Waals surface area contributed by atoms with Gasteiger partial charge in [0.25, 0.3) is 5.91 Å². The Morgan fingerprint density at radius 3 is 2.50 bits per heavy atom. The number of rotatable bonds is 1. The Hall–Kier alpha value is -2.39. The van der Waals surface area contributed by atoms with Crippen LogP contribution in [0.5, 0.6) is 0 Å². The first-order chi connectivity index (χ1) is 10.7. The number of para-hydroxylation sites is 1. The fourth-order valence-corrected chi connectivity index (χ4v) is 3.41. The standard InChI is InChI=1S/C19H17NO2/c21-18-11-13-6-2-1-5-12(13)9-14(18)10-16-15-7-3-4-8-17(15)20-19(16)22/h1-8,10,14,18,21H,9,11H2,(H,20,22). The number of carbonyl (C=O) groups excluding carboxylic acids is 1. The second-order valence-corrected chi connectivity index (χ2v) is 5.99. The number of aliphatic hydroxyl groups excluding tert-OH is 1. The molecule has 1 heterocycles. The molecular weight excluding hydrogens is 274 g/mol. The van der Waals surface area contributed by atoms with Crippen LogP contribution in [-0.4, -0.2) is 17.1 Å². The van der Waals surface area contributed by atoms with E-state index in [0.29, 0.717) is 12.0 Å². The molecule has 0 saturated heterocycles. The van der Waals surface area contributed by atoms with Crippen LogP contribution in [0, 0.1) is 5.92 Å². The van der Waals surface area contributed by atoms with Crippen molar-refractivity contribution in [2.45, 2.75) is 18.9 Å². The smallest absolute Gasteiger partial charge is 0.256 e. The number of benzene rings is 2. The van der Waals surface area contributed by atoms with Crippen molar-refractivity contribution >= 4 is 17.2 Å². The molecule has 110 valence electrons. The highest BCUT2D eigenvalue weighted by molar-refractivity contribution is 6.31. The van der Waals surface area contributed by atoms with Gasteiger partial charge in [-0.15, -0.1) is 0 Å². The molecule has 0 aromatic heterocycles. The zero-order valence-corrected chi connectivity index (χ0v) is 12.1. The second-order valence-electron chi connectivity index (χ2n) is 5.99. The van der Waals surface area contributed by atoms with Crippen LogP contribution in [0.2, 0.25) is 0 Å². The third-order valence-electron chi connectivity index (χ3n) is 4.59. The van der Waals surface area contributed by atoms with Crippen LogP contribution in [0.25, 0.3) is 5.57 Å². The monoisotopic (exact) mass is 291 g/mol. The number of anilines is 1. The van der Waals surface area contributed by atoms with E-state index in [9.17, 15) is 9.90 Å². The SMILES string of the molecule is O=C1Nc2ccccc2C1=CC1Cc2ccccc2CC1O. The van der Waals surface area contributed by atoms with Crippen LogP contribution in [0.15, 0.2) is 54.6 Å². The van der Waals surface area contributed by atoms with Crippen LogP contribution in [0.3, 0.4) is 0 Å². The second kappa shape index (κ2) is 5.11. The van der Waals surface area contributed by atoms with Crippen LogP contribution >= 0.6 is 0 Å². The van der Waals surface area contributed by atoms with E-state index in [0.717, 1.165) is 17.7 Å². The van der Waals surface area contributed by atoms with Gasteiger partial charge in [0, 0.05) is 22.7 Å². The normalized spacial score (nSPS) is 24.8. The Balaban J connectivity index is 1.70. The summed E-state index contributed by atoms with van der Waals surface area (Å²) >= 11 is 0. The van der Waals surface area contributed by atoms with E-state index in [1.807, 2.05) is 42.5 Å². The van der Waals surface area contributed by atoms with Crippen LogP contribution in [-0.2, 0) is 17.6 Å². The first-order valence-corrected chi connectivity index (χ1v) is 7.60. The van der Waals surface area contributed by atoms with E-state index in [4.69, 9.17) is 0 Å². The van der Waals surface area contributed by atoms with Gasteiger partial charge in [0.1, 0.15) is 0 Å². The summed E-state index contributed by atoms with van der Waals surface area (Å²) in [6, 6.07) is 15.9. The van der Waals surface area contributed by atoms with Crippen LogP contribution in [0.1, 0.15) is 16.7 Å². The van der Waals surface area contributed by atoms with E-state index in [-0.39, 0.29) is 11.8 Å². The fraction of sp³-hybridized carbons (Fsp3) is 0.211. The molecule has 0 spiro atoms. The lowest BCUT2D eigenvalue weighted by molar-refractivity contribution is -0.110. The van der Waals surface area contributed by atoms with E-state index < -0.39 is 6.10 Å². The number of carbonyl (C=O) groups is 1. The van der Waals surface area contributed by atoms with Crippen molar-refractivity contribution in [1.29, 1.82) is 0 Å². The van der Waals surface area contributed by atoms with Gasteiger partial charge in [0.15, 0.2) is 0 Å². The van der Waals surface area contributed by atoms with Gasteiger partial charge in [-0.2, -0.15) is 0 Å². The molecule has 1 amide bonds. The van der Waals surface area contributed by atoms with Crippen molar-refractivity contribution < 1.29 is 9.90 Å². The quantitative estimate of drug-likeness (QED) is 0.794. The molecule has 1 aliphatic heterocycles. The minimum Gasteiger partial charge on any atom is -0.392 e. The molecule has 1 aliphatic carbocycles. The summed E-state index contributed by atoms with van der Waals surface area (Å²) in [6.45, 7) is 0. The van der Waals surface area contributed by atoms with Crippen molar-refractivity contribution in [3.05, 3.63) is 71.3 Å². The van der Waals surface area contributed by atoms with Crippen molar-refractivity contribution in [1.82, 2.24) is 0 Å². The molecule has 0 bridgehead atoms. The molecule has 4 rings (SSSR count). The lowest BCUT2D eigenvalue weighted by Crippen LogP contribution is -2.29. The lowest BCUT2D eigenvalue weighted by Gasteiger charge is -2.28. The summed E-state index contributed by atoms with van der Waals surface area (Å²) in [6.07, 6.45) is 2.93. The highest BCUT2D eigenvalue weighted by Crippen LogP contribution is 2.35. The highest BCUT2D eigenvalue weighted by atomic mass is 16.3. The van der Waals surface area contributed by atoms with Crippen molar-refractivity contribution in [2.75, 3.05) is 5.32 Å². The first-order valence-electron chi connectivity index (χ1n) is 7.60. The number of nitrogens with one attached hydrogen (secondary N) is 1. The molecule has 0 saturated carbocycles. The van der Waals surface area contributed by atoms with Gasteiger partial charge >= 0.3 is 0 Å². The minimum atomic E-state index is -0.442. The summed E-state index contributed by atoms with van der Waals surface area (Å²) < 4.78 is 0. The van der Waals surface area contributed by atoms with Gasteiger partial charge in [0.05, 0.1) is 6.10 Å². The Bertz CT molecular complexity index is 779. The molecule has 2 unspecified atom stereocenters. The summed E-state index contributed by atoms with van der Waals surface area (Å²) in [7, 11) is 0. The van der Waals surface area contributed by atoms with Crippen molar-refractivity contribution in [3.8, 4) is 0 Å². The average molecular weight is 291 g/mol. The maximum Gasteiger partial charge on any atom is 0.256 e. The Labute approximate surface area is 129 Å². The number of aliphatic hydroxyl groups is 1. The third-order valence-corrected chi connectivity index (χ3v) is 4.59. The molecule has 2 atom stereocenters. The van der Waals surface area contributed by atoms with Gasteiger partial charge in [0.2, 0.25) is 0 Å². The molecule has 3 nitrogen and oxygen atoms in total.